The molecule has 2 N–H and O–H groups in total. The lowest BCUT2D eigenvalue weighted by atomic mass is 9.97. The van der Waals surface area contributed by atoms with Crippen molar-refractivity contribution in [2.24, 2.45) is 10.9 Å². The number of thioether (sulfide) groups is 1. The molecule has 1 fully saturated rings. The quantitative estimate of drug-likeness (QED) is 0.479. The van der Waals surface area contributed by atoms with Gasteiger partial charge in [0.2, 0.25) is 0 Å². The third kappa shape index (κ3) is 7.01. The molecule has 2 heterocycles. The molecule has 3 rings (SSSR count). The summed E-state index contributed by atoms with van der Waals surface area (Å²) in [5.74, 6) is 2.12. The monoisotopic (exact) mass is 434 g/mol. The summed E-state index contributed by atoms with van der Waals surface area (Å²) in [6.07, 6.45) is 4.46. The zero-order valence-corrected chi connectivity index (χ0v) is 18.9. The molecule has 0 unspecified atom stereocenters. The van der Waals surface area contributed by atoms with Crippen molar-refractivity contribution >= 4 is 29.1 Å². The summed E-state index contributed by atoms with van der Waals surface area (Å²) in [5.41, 5.74) is 2.16. The number of benzene rings is 1. The van der Waals surface area contributed by atoms with Crippen molar-refractivity contribution in [1.29, 1.82) is 0 Å². The minimum atomic E-state index is -0.175. The van der Waals surface area contributed by atoms with Gasteiger partial charge in [-0.25, -0.2) is 4.39 Å². The van der Waals surface area contributed by atoms with Gasteiger partial charge < -0.3 is 10.6 Å². The van der Waals surface area contributed by atoms with Gasteiger partial charge in [-0.3, -0.25) is 9.89 Å². The number of nitrogens with one attached hydrogen (secondary N) is 2. The van der Waals surface area contributed by atoms with Gasteiger partial charge in [-0.05, 0) is 72.8 Å². The van der Waals surface area contributed by atoms with Crippen molar-refractivity contribution in [1.82, 2.24) is 15.5 Å². The predicted molar refractivity (Wildman–Crippen MR) is 124 cm³/mol. The highest BCUT2D eigenvalue weighted by Crippen LogP contribution is 2.20. The molecule has 1 aliphatic rings. The highest BCUT2D eigenvalue weighted by Gasteiger charge is 2.19. The molecular weight excluding hydrogens is 403 g/mol. The van der Waals surface area contributed by atoms with Gasteiger partial charge in [-0.15, -0.1) is 11.3 Å². The van der Waals surface area contributed by atoms with Crippen molar-refractivity contribution in [3.05, 3.63) is 57.5 Å². The van der Waals surface area contributed by atoms with E-state index in [9.17, 15) is 4.39 Å². The molecule has 2 aromatic rings. The first-order chi connectivity index (χ1) is 14.2. The number of nitrogens with zero attached hydrogens (tertiary/aromatic N) is 2. The lowest BCUT2D eigenvalue weighted by Gasteiger charge is -2.32. The molecule has 0 amide bonds. The van der Waals surface area contributed by atoms with Gasteiger partial charge >= 0.3 is 0 Å². The Kier molecular flexibility index (Phi) is 8.83. The average molecular weight is 435 g/mol. The fraction of sp³-hybridized carbons (Fsp3) is 0.500. The molecule has 29 heavy (non-hydrogen) atoms. The van der Waals surface area contributed by atoms with E-state index in [1.165, 1.54) is 23.8 Å². The molecular formula is C22H31FN4S2. The third-order valence-corrected chi connectivity index (χ3v) is 6.82. The summed E-state index contributed by atoms with van der Waals surface area (Å²) < 4.78 is 13.5. The molecule has 158 valence electrons. The molecule has 4 nitrogen and oxygen atoms in total. The SMILES string of the molecule is CN=C(NCc1ccc(F)cc1CSC)NCC1CCN(Cc2cccs2)CC1. The number of likely N-dealkylation sites (tertiary alicyclic amines) is 1. The predicted octanol–water partition coefficient (Wildman–Crippen LogP) is 4.33. The Hall–Kier alpha value is -1.57. The van der Waals surface area contributed by atoms with Gasteiger partial charge in [0.1, 0.15) is 5.82 Å². The second-order valence-electron chi connectivity index (χ2n) is 7.45. The van der Waals surface area contributed by atoms with Crippen molar-refractivity contribution < 1.29 is 4.39 Å². The van der Waals surface area contributed by atoms with Gasteiger partial charge in [0.25, 0.3) is 0 Å². The Balaban J connectivity index is 1.41. The summed E-state index contributed by atoms with van der Waals surface area (Å²) in [5, 5.41) is 9.01. The molecule has 1 aromatic carbocycles. The van der Waals surface area contributed by atoms with E-state index in [4.69, 9.17) is 0 Å². The van der Waals surface area contributed by atoms with Crippen LogP contribution in [0.2, 0.25) is 0 Å². The van der Waals surface area contributed by atoms with Gasteiger partial charge in [0.05, 0.1) is 0 Å². The fourth-order valence-corrected chi connectivity index (χ4v) is 4.99. The van der Waals surface area contributed by atoms with E-state index >= 15 is 0 Å². The second-order valence-corrected chi connectivity index (χ2v) is 9.35. The van der Waals surface area contributed by atoms with Gasteiger partial charge in [0, 0.05) is 37.3 Å². The number of halogens is 1. The highest BCUT2D eigenvalue weighted by atomic mass is 32.2. The van der Waals surface area contributed by atoms with Crippen LogP contribution < -0.4 is 10.6 Å². The van der Waals surface area contributed by atoms with E-state index in [1.54, 1.807) is 24.9 Å². The number of hydrogen-bond donors (Lipinski definition) is 2. The summed E-state index contributed by atoms with van der Waals surface area (Å²) >= 11 is 3.55. The summed E-state index contributed by atoms with van der Waals surface area (Å²) in [6, 6.07) is 9.38. The molecule has 7 heteroatoms. The molecule has 0 spiro atoms. The van der Waals surface area contributed by atoms with Gasteiger partial charge in [-0.2, -0.15) is 11.8 Å². The number of rotatable bonds is 8. The van der Waals surface area contributed by atoms with Crippen molar-refractivity contribution in [3.8, 4) is 0 Å². The second kappa shape index (κ2) is 11.6. The molecule has 0 saturated carbocycles. The van der Waals surface area contributed by atoms with Crippen LogP contribution in [0.3, 0.4) is 0 Å². The Morgan fingerprint density at radius 2 is 2.07 bits per heavy atom. The molecule has 1 aliphatic heterocycles. The summed E-state index contributed by atoms with van der Waals surface area (Å²) in [4.78, 5) is 8.36. The maximum absolute atomic E-state index is 13.5. The Bertz CT molecular complexity index is 771. The van der Waals surface area contributed by atoms with Crippen LogP contribution in [0, 0.1) is 11.7 Å². The van der Waals surface area contributed by atoms with Crippen LogP contribution in [0.5, 0.6) is 0 Å². The van der Waals surface area contributed by atoms with E-state index in [2.05, 4.69) is 38.0 Å². The highest BCUT2D eigenvalue weighted by molar-refractivity contribution is 7.97. The van der Waals surface area contributed by atoms with Crippen molar-refractivity contribution in [3.63, 3.8) is 0 Å². The first kappa shape index (κ1) is 22.1. The number of aliphatic imine (C=N–C) groups is 1. The van der Waals surface area contributed by atoms with E-state index in [0.717, 1.165) is 49.0 Å². The summed E-state index contributed by atoms with van der Waals surface area (Å²) in [7, 11) is 1.80. The van der Waals surface area contributed by atoms with Crippen LogP contribution in [0.25, 0.3) is 0 Å². The molecule has 0 atom stereocenters. The van der Waals surface area contributed by atoms with E-state index in [1.807, 2.05) is 23.7 Å². The zero-order chi connectivity index (χ0) is 20.5. The van der Waals surface area contributed by atoms with Crippen molar-refractivity contribution in [2.45, 2.75) is 31.7 Å². The number of hydrogen-bond acceptors (Lipinski definition) is 4. The van der Waals surface area contributed by atoms with Gasteiger partial charge in [0.15, 0.2) is 5.96 Å². The zero-order valence-electron chi connectivity index (χ0n) is 17.3. The average Bonchev–Trinajstić information content (AvgIpc) is 3.24. The molecule has 0 aliphatic carbocycles. The van der Waals surface area contributed by atoms with Crippen LogP contribution in [0.4, 0.5) is 4.39 Å². The standard InChI is InChI=1S/C22H31FN4S2/c1-24-22(26-14-18-5-6-20(23)12-19(18)16-28-2)25-13-17-7-9-27(10-8-17)15-21-4-3-11-29-21/h3-6,11-12,17H,7-10,13-16H2,1-2H3,(H2,24,25,26). The molecule has 1 aromatic heterocycles. The topological polar surface area (TPSA) is 39.7 Å². The molecule has 0 bridgehead atoms. The maximum Gasteiger partial charge on any atom is 0.191 e. The fourth-order valence-electron chi connectivity index (χ4n) is 3.67. The molecule has 0 radical (unpaired) electrons. The lowest BCUT2D eigenvalue weighted by Crippen LogP contribution is -2.42. The Labute approximate surface area is 182 Å². The Morgan fingerprint density at radius 3 is 2.76 bits per heavy atom. The van der Waals surface area contributed by atoms with Crippen LogP contribution in [-0.4, -0.2) is 43.8 Å². The first-order valence-electron chi connectivity index (χ1n) is 10.1. The van der Waals surface area contributed by atoms with Crippen LogP contribution in [0.1, 0.15) is 28.8 Å². The largest absolute Gasteiger partial charge is 0.356 e. The number of guanidine groups is 1. The molecule has 1 saturated heterocycles. The normalized spacial score (nSPS) is 16.2. The van der Waals surface area contributed by atoms with E-state index < -0.39 is 0 Å². The lowest BCUT2D eigenvalue weighted by molar-refractivity contribution is 0.179. The van der Waals surface area contributed by atoms with Gasteiger partial charge in [-0.1, -0.05) is 12.1 Å². The number of thiophene rings is 1. The van der Waals surface area contributed by atoms with E-state index in [0.29, 0.717) is 12.5 Å². The van der Waals surface area contributed by atoms with Crippen molar-refractivity contribution in [2.75, 3.05) is 32.9 Å². The minimum absolute atomic E-state index is 0.175. The third-order valence-electron chi connectivity index (χ3n) is 5.36. The van der Waals surface area contributed by atoms with Crippen LogP contribution in [0.15, 0.2) is 40.7 Å². The minimum Gasteiger partial charge on any atom is -0.356 e. The summed E-state index contributed by atoms with van der Waals surface area (Å²) in [6.45, 7) is 4.98. The van der Waals surface area contributed by atoms with Crippen LogP contribution in [-0.2, 0) is 18.8 Å². The Morgan fingerprint density at radius 1 is 1.24 bits per heavy atom. The number of piperidine rings is 1. The smallest absolute Gasteiger partial charge is 0.191 e. The van der Waals surface area contributed by atoms with E-state index in [-0.39, 0.29) is 5.82 Å². The maximum atomic E-state index is 13.5. The first-order valence-corrected chi connectivity index (χ1v) is 12.4. The van der Waals surface area contributed by atoms with Crippen LogP contribution >= 0.6 is 23.1 Å².